The summed E-state index contributed by atoms with van der Waals surface area (Å²) in [4.78, 5) is 49.8. The average molecular weight is 409 g/mol. The van der Waals surface area contributed by atoms with Crippen molar-refractivity contribution in [1.82, 2.24) is 15.5 Å². The summed E-state index contributed by atoms with van der Waals surface area (Å²) in [6.07, 6.45) is 1.67. The van der Waals surface area contributed by atoms with E-state index in [1.165, 1.54) is 0 Å². The van der Waals surface area contributed by atoms with Crippen LogP contribution in [0.15, 0.2) is 65.6 Å². The highest BCUT2D eigenvalue weighted by Crippen LogP contribution is 2.31. The molecule has 7 nitrogen and oxygen atoms in total. The van der Waals surface area contributed by atoms with Gasteiger partial charge in [-0.3, -0.25) is 24.1 Å². The molecule has 1 heterocycles. The summed E-state index contributed by atoms with van der Waals surface area (Å²) in [5, 5.41) is 4.74. The fourth-order valence-corrected chi connectivity index (χ4v) is 3.48. The van der Waals surface area contributed by atoms with Gasteiger partial charge in [-0.05, 0) is 35.5 Å². The molecule has 2 N–H and O–H groups in total. The van der Waals surface area contributed by atoms with Crippen LogP contribution >= 0.6 is 11.8 Å². The number of amides is 4. The molecule has 0 unspecified atom stereocenters. The number of carbonyl (C=O) groups is 4. The van der Waals surface area contributed by atoms with Gasteiger partial charge in [-0.2, -0.15) is 0 Å². The summed E-state index contributed by atoms with van der Waals surface area (Å²) in [5.74, 6) is -1.13. The first-order valence-electron chi connectivity index (χ1n) is 8.95. The van der Waals surface area contributed by atoms with Gasteiger partial charge in [-0.1, -0.05) is 48.5 Å². The summed E-state index contributed by atoms with van der Waals surface area (Å²) < 4.78 is 0. The van der Waals surface area contributed by atoms with Crippen LogP contribution in [0.1, 0.15) is 15.9 Å². The molecule has 0 saturated carbocycles. The highest BCUT2D eigenvalue weighted by Gasteiger charge is 2.34. The fourth-order valence-electron chi connectivity index (χ4n) is 2.62. The number of carbonyl (C=O) groups excluding carboxylic acids is 4. The topological polar surface area (TPSA) is 95.6 Å². The minimum atomic E-state index is -0.402. The predicted octanol–water partition coefficient (Wildman–Crippen LogP) is 2.27. The quantitative estimate of drug-likeness (QED) is 0.684. The van der Waals surface area contributed by atoms with E-state index in [2.05, 4.69) is 10.6 Å². The van der Waals surface area contributed by atoms with Crippen LogP contribution in [0.3, 0.4) is 0 Å². The predicted molar refractivity (Wildman–Crippen MR) is 111 cm³/mol. The zero-order valence-electron chi connectivity index (χ0n) is 15.5. The monoisotopic (exact) mass is 409 g/mol. The van der Waals surface area contributed by atoms with Crippen LogP contribution in [0.2, 0.25) is 0 Å². The molecule has 2 aromatic carbocycles. The van der Waals surface area contributed by atoms with Crippen molar-refractivity contribution in [3.8, 4) is 0 Å². The number of nitrogens with one attached hydrogen (secondary N) is 2. The molecule has 4 amide bonds. The summed E-state index contributed by atoms with van der Waals surface area (Å²) in [7, 11) is 0. The Morgan fingerprint density at radius 2 is 1.59 bits per heavy atom. The van der Waals surface area contributed by atoms with E-state index >= 15 is 0 Å². The van der Waals surface area contributed by atoms with E-state index in [1.54, 1.807) is 36.4 Å². The second-order valence-electron chi connectivity index (χ2n) is 6.14. The van der Waals surface area contributed by atoms with Gasteiger partial charge in [-0.25, -0.2) is 0 Å². The van der Waals surface area contributed by atoms with Crippen LogP contribution in [0.4, 0.5) is 4.79 Å². The lowest BCUT2D eigenvalue weighted by Gasteiger charge is -2.13. The molecule has 3 rings (SSSR count). The minimum Gasteiger partial charge on any atom is -0.353 e. The number of rotatable bonds is 7. The van der Waals surface area contributed by atoms with Crippen LogP contribution < -0.4 is 10.6 Å². The van der Waals surface area contributed by atoms with E-state index < -0.39 is 5.91 Å². The Morgan fingerprint density at radius 1 is 0.931 bits per heavy atom. The zero-order chi connectivity index (χ0) is 20.6. The van der Waals surface area contributed by atoms with Gasteiger partial charge >= 0.3 is 0 Å². The third-order valence-corrected chi connectivity index (χ3v) is 4.98. The Morgan fingerprint density at radius 3 is 2.28 bits per heavy atom. The Kier molecular flexibility index (Phi) is 6.80. The third kappa shape index (κ3) is 5.55. The maximum absolute atomic E-state index is 12.4. The molecule has 1 aliphatic rings. The lowest BCUT2D eigenvalue weighted by Crippen LogP contribution is -2.41. The SMILES string of the molecule is O=C(CNC(=O)c1ccccc1)NCCN1C(=O)S/C(=C/c2ccccc2)C1=O. The number of nitrogens with zero attached hydrogens (tertiary/aromatic N) is 1. The summed E-state index contributed by atoms with van der Waals surface area (Å²) in [6.45, 7) is -0.0185. The van der Waals surface area contributed by atoms with E-state index in [-0.39, 0.29) is 36.7 Å². The van der Waals surface area contributed by atoms with Crippen molar-refractivity contribution >= 4 is 40.8 Å². The number of benzene rings is 2. The maximum Gasteiger partial charge on any atom is 0.293 e. The Balaban J connectivity index is 1.44. The number of imide groups is 1. The Hall–Kier alpha value is -3.39. The summed E-state index contributed by atoms with van der Waals surface area (Å²) in [6, 6.07) is 17.8. The van der Waals surface area contributed by atoms with E-state index in [0.717, 1.165) is 22.2 Å². The molecule has 0 bridgehead atoms. The minimum absolute atomic E-state index is 0.0647. The molecule has 1 aliphatic heterocycles. The largest absolute Gasteiger partial charge is 0.353 e. The third-order valence-electron chi connectivity index (χ3n) is 4.07. The molecule has 0 spiro atoms. The first kappa shape index (κ1) is 20.3. The van der Waals surface area contributed by atoms with Gasteiger partial charge in [0.2, 0.25) is 5.91 Å². The van der Waals surface area contributed by atoms with E-state index in [4.69, 9.17) is 0 Å². The Bertz CT molecular complexity index is 945. The van der Waals surface area contributed by atoms with Crippen LogP contribution in [0, 0.1) is 0 Å². The first-order chi connectivity index (χ1) is 14.0. The number of hydrogen-bond donors (Lipinski definition) is 2. The van der Waals surface area contributed by atoms with Crippen molar-refractivity contribution in [2.75, 3.05) is 19.6 Å². The normalized spacial score (nSPS) is 14.9. The number of thioether (sulfide) groups is 1. The van der Waals surface area contributed by atoms with Gasteiger partial charge in [0.15, 0.2) is 0 Å². The lowest BCUT2D eigenvalue weighted by molar-refractivity contribution is -0.124. The van der Waals surface area contributed by atoms with Crippen LogP contribution in [0.25, 0.3) is 6.08 Å². The fraction of sp³-hybridized carbons (Fsp3) is 0.143. The van der Waals surface area contributed by atoms with Crippen molar-refractivity contribution in [3.05, 3.63) is 76.7 Å². The molecular formula is C21H19N3O4S. The second kappa shape index (κ2) is 9.70. The molecule has 148 valence electrons. The second-order valence-corrected chi connectivity index (χ2v) is 7.14. The van der Waals surface area contributed by atoms with Gasteiger partial charge < -0.3 is 10.6 Å². The first-order valence-corrected chi connectivity index (χ1v) is 9.76. The molecule has 1 saturated heterocycles. The molecule has 2 aromatic rings. The van der Waals surface area contributed by atoms with E-state index in [0.29, 0.717) is 10.5 Å². The van der Waals surface area contributed by atoms with Crippen LogP contribution in [-0.2, 0) is 9.59 Å². The molecule has 0 atom stereocenters. The average Bonchev–Trinajstić information content (AvgIpc) is 3.00. The van der Waals surface area contributed by atoms with Crippen LogP contribution in [0.5, 0.6) is 0 Å². The molecule has 0 aliphatic carbocycles. The van der Waals surface area contributed by atoms with Crippen molar-refractivity contribution in [2.45, 2.75) is 0 Å². The van der Waals surface area contributed by atoms with E-state index in [1.807, 2.05) is 30.3 Å². The molecular weight excluding hydrogens is 390 g/mol. The molecule has 0 aromatic heterocycles. The lowest BCUT2D eigenvalue weighted by atomic mass is 10.2. The van der Waals surface area contributed by atoms with Crippen LogP contribution in [-0.4, -0.2) is 47.5 Å². The van der Waals surface area contributed by atoms with Gasteiger partial charge in [0.25, 0.3) is 17.1 Å². The zero-order valence-corrected chi connectivity index (χ0v) is 16.3. The van der Waals surface area contributed by atoms with Gasteiger partial charge in [0, 0.05) is 18.7 Å². The van der Waals surface area contributed by atoms with E-state index in [9.17, 15) is 19.2 Å². The van der Waals surface area contributed by atoms with Crippen molar-refractivity contribution in [2.24, 2.45) is 0 Å². The molecule has 29 heavy (non-hydrogen) atoms. The molecule has 0 radical (unpaired) electrons. The van der Waals surface area contributed by atoms with Crippen molar-refractivity contribution < 1.29 is 19.2 Å². The number of hydrogen-bond acceptors (Lipinski definition) is 5. The Labute approximate surface area is 172 Å². The van der Waals surface area contributed by atoms with Crippen molar-refractivity contribution in [1.29, 1.82) is 0 Å². The van der Waals surface area contributed by atoms with Gasteiger partial charge in [0.05, 0.1) is 11.4 Å². The van der Waals surface area contributed by atoms with Crippen molar-refractivity contribution in [3.63, 3.8) is 0 Å². The maximum atomic E-state index is 12.4. The van der Waals surface area contributed by atoms with Gasteiger partial charge in [-0.15, -0.1) is 0 Å². The highest BCUT2D eigenvalue weighted by atomic mass is 32.2. The smallest absolute Gasteiger partial charge is 0.293 e. The highest BCUT2D eigenvalue weighted by molar-refractivity contribution is 8.18. The molecule has 1 fully saturated rings. The van der Waals surface area contributed by atoms with Gasteiger partial charge in [0.1, 0.15) is 0 Å². The molecule has 8 heteroatoms. The standard InChI is InChI=1S/C21H19N3O4S/c25-18(14-23-19(26)16-9-5-2-6-10-16)22-11-12-24-20(27)17(29-21(24)28)13-15-7-3-1-4-8-15/h1-10,13H,11-12,14H2,(H,22,25)(H,23,26)/b17-13+. The summed E-state index contributed by atoms with van der Waals surface area (Å²) in [5.41, 5.74) is 1.30. The summed E-state index contributed by atoms with van der Waals surface area (Å²) >= 11 is 0.876.